The van der Waals surface area contributed by atoms with E-state index in [0.29, 0.717) is 5.91 Å². The summed E-state index contributed by atoms with van der Waals surface area (Å²) in [7, 11) is 2.01. The summed E-state index contributed by atoms with van der Waals surface area (Å²) in [6.07, 6.45) is 5.76. The number of hydrogen-bond acceptors (Lipinski definition) is 2. The molecule has 1 aliphatic heterocycles. The van der Waals surface area contributed by atoms with Crippen molar-refractivity contribution in [1.82, 2.24) is 10.2 Å². The van der Waals surface area contributed by atoms with Gasteiger partial charge in [-0.05, 0) is 45.2 Å². The summed E-state index contributed by atoms with van der Waals surface area (Å²) < 4.78 is 0. The molecule has 3 heteroatoms. The molecule has 0 aromatic carbocycles. The van der Waals surface area contributed by atoms with Crippen molar-refractivity contribution in [1.29, 1.82) is 0 Å². The predicted molar refractivity (Wildman–Crippen MR) is 71.9 cm³/mol. The van der Waals surface area contributed by atoms with E-state index in [1.165, 1.54) is 19.3 Å². The molecule has 17 heavy (non-hydrogen) atoms. The fourth-order valence-corrected chi connectivity index (χ4v) is 2.66. The molecule has 1 unspecified atom stereocenters. The molecule has 1 fully saturated rings. The minimum Gasteiger partial charge on any atom is -0.342 e. The predicted octanol–water partition coefficient (Wildman–Crippen LogP) is 2.27. The van der Waals surface area contributed by atoms with Crippen LogP contribution in [0.5, 0.6) is 0 Å². The highest BCUT2D eigenvalue weighted by Crippen LogP contribution is 2.22. The van der Waals surface area contributed by atoms with Crippen LogP contribution < -0.4 is 5.32 Å². The summed E-state index contributed by atoms with van der Waals surface area (Å²) in [5, 5.41) is 3.20. The first-order valence-corrected chi connectivity index (χ1v) is 7.12. The van der Waals surface area contributed by atoms with Gasteiger partial charge in [0, 0.05) is 19.0 Å². The van der Waals surface area contributed by atoms with Gasteiger partial charge >= 0.3 is 0 Å². The molecule has 3 nitrogen and oxygen atoms in total. The normalized spacial score (nSPS) is 19.4. The van der Waals surface area contributed by atoms with Gasteiger partial charge in [0.15, 0.2) is 0 Å². The lowest BCUT2D eigenvalue weighted by molar-refractivity contribution is -0.136. The third kappa shape index (κ3) is 4.66. The number of piperidine rings is 1. The van der Waals surface area contributed by atoms with E-state index in [9.17, 15) is 4.79 Å². The van der Waals surface area contributed by atoms with E-state index in [1.807, 2.05) is 7.05 Å². The molecule has 0 radical (unpaired) electrons. The second-order valence-electron chi connectivity index (χ2n) is 5.35. The Balaban J connectivity index is 2.28. The summed E-state index contributed by atoms with van der Waals surface area (Å²) in [4.78, 5) is 14.2. The van der Waals surface area contributed by atoms with Crippen molar-refractivity contribution in [3.05, 3.63) is 0 Å². The van der Waals surface area contributed by atoms with Crippen molar-refractivity contribution < 1.29 is 4.79 Å². The zero-order valence-corrected chi connectivity index (χ0v) is 11.7. The maximum Gasteiger partial charge on any atom is 0.225 e. The number of likely N-dealkylation sites (tertiary alicyclic amines) is 1. The van der Waals surface area contributed by atoms with Gasteiger partial charge in [-0.2, -0.15) is 0 Å². The number of carbonyl (C=O) groups excluding carboxylic acids is 1. The van der Waals surface area contributed by atoms with E-state index in [1.54, 1.807) is 0 Å². The average Bonchev–Trinajstić information content (AvgIpc) is 2.36. The molecule has 1 saturated heterocycles. The Morgan fingerprint density at radius 2 is 2.06 bits per heavy atom. The highest BCUT2D eigenvalue weighted by atomic mass is 16.2. The van der Waals surface area contributed by atoms with Gasteiger partial charge in [-0.15, -0.1) is 0 Å². The Morgan fingerprint density at radius 3 is 2.59 bits per heavy atom. The number of nitrogens with one attached hydrogen (secondary N) is 1. The molecule has 1 heterocycles. The van der Waals surface area contributed by atoms with Crippen molar-refractivity contribution in [2.45, 2.75) is 46.0 Å². The van der Waals surface area contributed by atoms with Crippen molar-refractivity contribution in [2.24, 2.45) is 11.8 Å². The summed E-state index contributed by atoms with van der Waals surface area (Å²) in [5.74, 6) is 1.40. The van der Waals surface area contributed by atoms with Gasteiger partial charge < -0.3 is 10.2 Å². The molecule has 0 spiro atoms. The van der Waals surface area contributed by atoms with Crippen molar-refractivity contribution in [3.8, 4) is 0 Å². The van der Waals surface area contributed by atoms with Gasteiger partial charge in [-0.1, -0.05) is 20.3 Å². The number of rotatable bonds is 6. The third-order valence-corrected chi connectivity index (χ3v) is 3.87. The van der Waals surface area contributed by atoms with Gasteiger partial charge in [0.1, 0.15) is 0 Å². The largest absolute Gasteiger partial charge is 0.342 e. The van der Waals surface area contributed by atoms with Gasteiger partial charge in [0.25, 0.3) is 0 Å². The van der Waals surface area contributed by atoms with Gasteiger partial charge in [-0.25, -0.2) is 0 Å². The first kappa shape index (κ1) is 14.5. The van der Waals surface area contributed by atoms with Crippen LogP contribution in [0, 0.1) is 11.8 Å². The minimum absolute atomic E-state index is 0.217. The second kappa shape index (κ2) is 7.70. The Morgan fingerprint density at radius 1 is 1.41 bits per heavy atom. The van der Waals surface area contributed by atoms with Crippen LogP contribution in [0.15, 0.2) is 0 Å². The van der Waals surface area contributed by atoms with Crippen molar-refractivity contribution in [2.75, 3.05) is 26.7 Å². The molecule has 0 aromatic heterocycles. The van der Waals surface area contributed by atoms with Gasteiger partial charge in [-0.3, -0.25) is 4.79 Å². The first-order valence-electron chi connectivity index (χ1n) is 7.12. The van der Waals surface area contributed by atoms with E-state index in [2.05, 4.69) is 24.1 Å². The highest BCUT2D eigenvalue weighted by molar-refractivity contribution is 5.78. The molecular formula is C14H28N2O. The smallest absolute Gasteiger partial charge is 0.225 e. The first-order chi connectivity index (χ1) is 8.19. The quantitative estimate of drug-likeness (QED) is 0.772. The standard InChI is InChI=1S/C14H28N2O/c1-4-5-12(2)14(17)16-10-7-13(8-11-16)6-9-15-3/h12-13,15H,4-11H2,1-3H3. The molecule has 1 amide bonds. The number of hydrogen-bond donors (Lipinski definition) is 1. The van der Waals surface area contributed by atoms with Crippen LogP contribution in [0.25, 0.3) is 0 Å². The van der Waals surface area contributed by atoms with Gasteiger partial charge in [0.05, 0.1) is 0 Å². The minimum atomic E-state index is 0.217. The lowest BCUT2D eigenvalue weighted by Gasteiger charge is -2.33. The average molecular weight is 240 g/mol. The van der Waals surface area contributed by atoms with Crippen LogP contribution >= 0.6 is 0 Å². The summed E-state index contributed by atoms with van der Waals surface area (Å²) in [6.45, 7) is 7.26. The van der Waals surface area contributed by atoms with Crippen molar-refractivity contribution >= 4 is 5.91 Å². The highest BCUT2D eigenvalue weighted by Gasteiger charge is 2.25. The third-order valence-electron chi connectivity index (χ3n) is 3.87. The van der Waals surface area contributed by atoms with E-state index in [-0.39, 0.29) is 5.92 Å². The van der Waals surface area contributed by atoms with E-state index < -0.39 is 0 Å². The van der Waals surface area contributed by atoms with Crippen LogP contribution in [0.2, 0.25) is 0 Å². The Kier molecular flexibility index (Phi) is 6.56. The number of nitrogens with zero attached hydrogens (tertiary/aromatic N) is 1. The fourth-order valence-electron chi connectivity index (χ4n) is 2.66. The molecule has 1 aliphatic rings. The van der Waals surface area contributed by atoms with Crippen LogP contribution in [0.1, 0.15) is 46.0 Å². The lowest BCUT2D eigenvalue weighted by atomic mass is 9.92. The molecular weight excluding hydrogens is 212 g/mol. The molecule has 0 saturated carbocycles. The number of amides is 1. The molecule has 100 valence electrons. The van der Waals surface area contributed by atoms with Crippen LogP contribution in [-0.2, 0) is 4.79 Å². The van der Waals surface area contributed by atoms with Crippen molar-refractivity contribution in [3.63, 3.8) is 0 Å². The monoisotopic (exact) mass is 240 g/mol. The van der Waals surface area contributed by atoms with E-state index in [4.69, 9.17) is 0 Å². The molecule has 0 aliphatic carbocycles. The summed E-state index contributed by atoms with van der Waals surface area (Å²) in [6, 6.07) is 0. The SMILES string of the molecule is CCCC(C)C(=O)N1CCC(CCNC)CC1. The number of carbonyl (C=O) groups is 1. The summed E-state index contributed by atoms with van der Waals surface area (Å²) >= 11 is 0. The molecule has 1 atom stereocenters. The maximum atomic E-state index is 12.1. The fraction of sp³-hybridized carbons (Fsp3) is 0.929. The Hall–Kier alpha value is -0.570. The lowest BCUT2D eigenvalue weighted by Crippen LogP contribution is -2.41. The molecule has 0 aromatic rings. The van der Waals surface area contributed by atoms with Crippen LogP contribution in [-0.4, -0.2) is 37.5 Å². The second-order valence-corrected chi connectivity index (χ2v) is 5.35. The molecule has 1 rings (SSSR count). The zero-order valence-electron chi connectivity index (χ0n) is 11.7. The maximum absolute atomic E-state index is 12.1. The Bertz CT molecular complexity index is 222. The van der Waals surface area contributed by atoms with Crippen LogP contribution in [0.4, 0.5) is 0 Å². The molecule has 0 bridgehead atoms. The topological polar surface area (TPSA) is 32.3 Å². The van der Waals surface area contributed by atoms with E-state index >= 15 is 0 Å². The molecule has 1 N–H and O–H groups in total. The van der Waals surface area contributed by atoms with Crippen LogP contribution in [0.3, 0.4) is 0 Å². The van der Waals surface area contributed by atoms with E-state index in [0.717, 1.165) is 38.4 Å². The Labute approximate surface area is 106 Å². The summed E-state index contributed by atoms with van der Waals surface area (Å²) in [5.41, 5.74) is 0. The van der Waals surface area contributed by atoms with Gasteiger partial charge in [0.2, 0.25) is 5.91 Å². The zero-order chi connectivity index (χ0) is 12.7.